The summed E-state index contributed by atoms with van der Waals surface area (Å²) in [5, 5.41) is 0. The molecule has 4 atom stereocenters. The molecular weight excluding hydrogens is 620 g/mol. The van der Waals surface area contributed by atoms with Crippen molar-refractivity contribution in [1.82, 2.24) is 14.9 Å². The van der Waals surface area contributed by atoms with E-state index in [-0.39, 0.29) is 60.6 Å². The van der Waals surface area contributed by atoms with Crippen LogP contribution in [0.2, 0.25) is 0 Å². The van der Waals surface area contributed by atoms with E-state index in [0.717, 1.165) is 12.0 Å². The lowest BCUT2D eigenvalue weighted by molar-refractivity contribution is -0.153. The van der Waals surface area contributed by atoms with Crippen LogP contribution in [-0.4, -0.2) is 71.0 Å². The number of ether oxygens (including phenoxy) is 2. The van der Waals surface area contributed by atoms with Crippen LogP contribution in [0.4, 0.5) is 37.1 Å². The second kappa shape index (κ2) is 13.1. The number of hydrogen-bond donors (Lipinski definition) is 0. The highest BCUT2D eigenvalue weighted by Crippen LogP contribution is 2.38. The number of carbonyl (C=O) groups excluding carboxylic acids is 2. The summed E-state index contributed by atoms with van der Waals surface area (Å²) >= 11 is 0. The SMILES string of the molecule is CC[C@@H]1C[C@H](N(Cc2cc(C(F)(F)F)cc(C(F)(F)F)c2)c2ncc(C3C=NC(C)C3)cn2)CN1C(=O)OC1CC(C(=O)OC)C1. The smallest absolute Gasteiger partial charge is 0.416 e. The number of aromatic nitrogens is 2. The highest BCUT2D eigenvalue weighted by Gasteiger charge is 2.43. The lowest BCUT2D eigenvalue weighted by Crippen LogP contribution is -2.44. The van der Waals surface area contributed by atoms with E-state index in [4.69, 9.17) is 9.47 Å². The summed E-state index contributed by atoms with van der Waals surface area (Å²) in [6.07, 6.45) is -3.79. The summed E-state index contributed by atoms with van der Waals surface area (Å²) in [5.41, 5.74) is -2.29. The lowest BCUT2D eigenvalue weighted by atomic mass is 9.82. The van der Waals surface area contributed by atoms with Gasteiger partial charge < -0.3 is 19.3 Å². The fourth-order valence-corrected chi connectivity index (χ4v) is 6.26. The van der Waals surface area contributed by atoms with Crippen LogP contribution in [0.3, 0.4) is 0 Å². The van der Waals surface area contributed by atoms with Crippen molar-refractivity contribution < 1.29 is 45.4 Å². The second-order valence-electron chi connectivity index (χ2n) is 12.1. The monoisotopic (exact) mass is 655 g/mol. The third-order valence-electron chi connectivity index (χ3n) is 8.89. The number of carbonyl (C=O) groups is 2. The molecule has 9 nitrogen and oxygen atoms in total. The maximum absolute atomic E-state index is 13.7. The van der Waals surface area contributed by atoms with Crippen molar-refractivity contribution in [2.45, 2.75) is 95.0 Å². The molecule has 0 N–H and O–H groups in total. The Morgan fingerprint density at radius 3 is 2.13 bits per heavy atom. The molecule has 1 aliphatic carbocycles. The molecular formula is C31H35F6N5O4. The zero-order valence-electron chi connectivity index (χ0n) is 25.5. The predicted octanol–water partition coefficient (Wildman–Crippen LogP) is 6.41. The molecule has 0 bridgehead atoms. The standard InChI is InChI=1S/C31H35F6N5O4/c1-4-24-11-25(16-42(24)29(44)46-26-8-19(9-26)27(43)45-3)41(28-39-13-21(14-40-28)20-5-17(2)38-12-20)15-18-6-22(30(32,33)34)10-23(7-18)31(35,36)37/h6-7,10,12-14,17,19-20,24-26H,4-5,8-9,11,15-16H2,1-3H3/t17?,19?,20?,24-,25+,26?/m1/s1. The number of nitrogens with zero attached hydrogens (tertiary/aromatic N) is 5. The Labute approximate surface area is 262 Å². The molecule has 2 aliphatic heterocycles. The quantitative estimate of drug-likeness (QED) is 0.240. The van der Waals surface area contributed by atoms with Crippen LogP contribution in [0.15, 0.2) is 35.6 Å². The van der Waals surface area contributed by atoms with Gasteiger partial charge in [0.15, 0.2) is 0 Å². The van der Waals surface area contributed by atoms with Gasteiger partial charge in [0.25, 0.3) is 0 Å². The minimum absolute atomic E-state index is 0.0122. The van der Waals surface area contributed by atoms with Gasteiger partial charge in [-0.15, -0.1) is 0 Å². The highest BCUT2D eigenvalue weighted by molar-refractivity contribution is 5.74. The van der Waals surface area contributed by atoms with Crippen molar-refractivity contribution in [1.29, 1.82) is 0 Å². The van der Waals surface area contributed by atoms with Gasteiger partial charge in [-0.25, -0.2) is 14.8 Å². The minimum Gasteiger partial charge on any atom is -0.469 e. The zero-order valence-corrected chi connectivity index (χ0v) is 25.5. The van der Waals surface area contributed by atoms with Crippen LogP contribution in [0.25, 0.3) is 0 Å². The van der Waals surface area contributed by atoms with Crippen molar-refractivity contribution in [3.05, 3.63) is 52.8 Å². The van der Waals surface area contributed by atoms with E-state index in [2.05, 4.69) is 15.0 Å². The number of methoxy groups -OCH3 is 1. The van der Waals surface area contributed by atoms with E-state index >= 15 is 0 Å². The van der Waals surface area contributed by atoms with Crippen LogP contribution in [-0.2, 0) is 33.2 Å². The minimum atomic E-state index is -5.01. The van der Waals surface area contributed by atoms with Crippen LogP contribution < -0.4 is 4.90 Å². The Morgan fingerprint density at radius 2 is 1.61 bits per heavy atom. The van der Waals surface area contributed by atoms with Gasteiger partial charge in [0.2, 0.25) is 5.95 Å². The first-order chi connectivity index (χ1) is 21.7. The van der Waals surface area contributed by atoms with Gasteiger partial charge in [-0.3, -0.25) is 9.79 Å². The molecule has 2 unspecified atom stereocenters. The van der Waals surface area contributed by atoms with E-state index in [9.17, 15) is 35.9 Å². The molecule has 3 aliphatic rings. The normalized spacial score (nSPS) is 26.2. The maximum atomic E-state index is 13.7. The largest absolute Gasteiger partial charge is 0.469 e. The molecule has 0 spiro atoms. The number of anilines is 1. The summed E-state index contributed by atoms with van der Waals surface area (Å²) in [7, 11) is 1.29. The van der Waals surface area contributed by atoms with Crippen LogP contribution in [0, 0.1) is 5.92 Å². The topological polar surface area (TPSA) is 97.2 Å². The molecule has 46 heavy (non-hydrogen) atoms. The van der Waals surface area contributed by atoms with E-state index in [1.165, 1.54) is 12.0 Å². The van der Waals surface area contributed by atoms with Crippen LogP contribution in [0.5, 0.6) is 0 Å². The number of esters is 1. The molecule has 1 saturated heterocycles. The van der Waals surface area contributed by atoms with E-state index in [1.54, 1.807) is 17.3 Å². The Kier molecular flexibility index (Phi) is 9.50. The van der Waals surface area contributed by atoms with Crippen molar-refractivity contribution in [2.75, 3.05) is 18.6 Å². The van der Waals surface area contributed by atoms with Gasteiger partial charge in [-0.05, 0) is 68.4 Å². The zero-order chi connectivity index (χ0) is 33.4. The molecule has 2 fully saturated rings. The first kappa shape index (κ1) is 33.5. The average molecular weight is 656 g/mol. The Balaban J connectivity index is 1.42. The molecule has 2 aromatic rings. The first-order valence-electron chi connectivity index (χ1n) is 15.1. The average Bonchev–Trinajstić information content (AvgIpc) is 3.62. The number of aliphatic imine (C=N–C) groups is 1. The molecule has 1 aromatic heterocycles. The number of halogens is 6. The van der Waals surface area contributed by atoms with Crippen LogP contribution in [0.1, 0.15) is 74.1 Å². The number of amides is 1. The van der Waals surface area contributed by atoms with Gasteiger partial charge in [-0.1, -0.05) is 6.92 Å². The third kappa shape index (κ3) is 7.38. The summed E-state index contributed by atoms with van der Waals surface area (Å²) in [4.78, 5) is 41.4. The molecule has 15 heteroatoms. The Hall–Kier alpha value is -3.91. The van der Waals surface area contributed by atoms with Crippen molar-refractivity contribution >= 4 is 24.2 Å². The first-order valence-corrected chi connectivity index (χ1v) is 15.1. The number of likely N-dealkylation sites (tertiary alicyclic amines) is 1. The molecule has 3 heterocycles. The summed E-state index contributed by atoms with van der Waals surface area (Å²) in [6, 6.07) is 0.740. The third-order valence-corrected chi connectivity index (χ3v) is 8.89. The molecule has 5 rings (SSSR count). The molecule has 1 saturated carbocycles. The summed E-state index contributed by atoms with van der Waals surface area (Å²) in [6.45, 7) is 3.54. The molecule has 1 aromatic carbocycles. The summed E-state index contributed by atoms with van der Waals surface area (Å²) in [5.74, 6) is -0.631. The van der Waals surface area contributed by atoms with Gasteiger partial charge in [0.05, 0.1) is 30.2 Å². The van der Waals surface area contributed by atoms with Gasteiger partial charge >= 0.3 is 24.4 Å². The molecule has 1 amide bonds. The molecule has 0 radical (unpaired) electrons. The summed E-state index contributed by atoms with van der Waals surface area (Å²) < 4.78 is 92.4. The van der Waals surface area contributed by atoms with E-state index < -0.39 is 41.7 Å². The second-order valence-corrected chi connectivity index (χ2v) is 12.1. The van der Waals surface area contributed by atoms with E-state index in [1.807, 2.05) is 20.1 Å². The van der Waals surface area contributed by atoms with Gasteiger partial charge in [0, 0.05) is 49.7 Å². The number of hydrogen-bond acceptors (Lipinski definition) is 8. The highest BCUT2D eigenvalue weighted by atomic mass is 19.4. The van der Waals surface area contributed by atoms with Crippen LogP contribution >= 0.6 is 0 Å². The van der Waals surface area contributed by atoms with Crippen molar-refractivity contribution in [2.24, 2.45) is 10.9 Å². The maximum Gasteiger partial charge on any atom is 0.416 e. The Morgan fingerprint density at radius 1 is 0.978 bits per heavy atom. The molecule has 250 valence electrons. The number of rotatable bonds is 8. The fourth-order valence-electron chi connectivity index (χ4n) is 6.26. The van der Waals surface area contributed by atoms with E-state index in [0.29, 0.717) is 37.8 Å². The number of benzene rings is 1. The Bertz CT molecular complexity index is 1410. The van der Waals surface area contributed by atoms with Gasteiger partial charge in [0.1, 0.15) is 6.10 Å². The fraction of sp³-hybridized carbons (Fsp3) is 0.581. The van der Waals surface area contributed by atoms with Crippen molar-refractivity contribution in [3.8, 4) is 0 Å². The number of alkyl halides is 6. The lowest BCUT2D eigenvalue weighted by Gasteiger charge is -2.34. The van der Waals surface area contributed by atoms with Gasteiger partial charge in [-0.2, -0.15) is 26.3 Å². The van der Waals surface area contributed by atoms with Crippen molar-refractivity contribution in [3.63, 3.8) is 0 Å². The predicted molar refractivity (Wildman–Crippen MR) is 154 cm³/mol.